The fourth-order valence-corrected chi connectivity index (χ4v) is 5.15. The number of hydrogen-bond acceptors (Lipinski definition) is 7. The Balaban J connectivity index is 1.52. The highest BCUT2D eigenvalue weighted by Crippen LogP contribution is 2.21. The average molecular weight is 579 g/mol. The lowest BCUT2D eigenvalue weighted by atomic mass is 10.0. The second-order valence-corrected chi connectivity index (χ2v) is 10.4. The van der Waals surface area contributed by atoms with Crippen molar-refractivity contribution in [2.45, 2.75) is 56.3 Å². The van der Waals surface area contributed by atoms with Crippen molar-refractivity contribution in [3.63, 3.8) is 0 Å². The summed E-state index contributed by atoms with van der Waals surface area (Å²) < 4.78 is 0. The lowest BCUT2D eigenvalue weighted by Gasteiger charge is -2.28. The Labute approximate surface area is 241 Å². The van der Waals surface area contributed by atoms with Crippen LogP contribution in [0.2, 0.25) is 0 Å². The van der Waals surface area contributed by atoms with Gasteiger partial charge in [-0.25, -0.2) is 4.79 Å². The number of aromatic nitrogens is 1. The van der Waals surface area contributed by atoms with Crippen LogP contribution >= 0.6 is 0 Å². The van der Waals surface area contributed by atoms with Crippen LogP contribution in [0.1, 0.15) is 30.4 Å². The number of fused-ring (bicyclic) bond motifs is 1. The molecule has 2 heterocycles. The van der Waals surface area contributed by atoms with Crippen LogP contribution in [0, 0.1) is 0 Å². The first-order valence-corrected chi connectivity index (χ1v) is 13.5. The average Bonchev–Trinajstić information content (AvgIpc) is 3.61. The topological polar surface area (TPSA) is 221 Å². The number of carboxylic acid groups (broad SMARTS) is 1. The molecule has 4 atom stereocenters. The lowest BCUT2D eigenvalue weighted by Crippen LogP contribution is -2.58. The van der Waals surface area contributed by atoms with Gasteiger partial charge in [0.2, 0.25) is 23.6 Å². The van der Waals surface area contributed by atoms with Crippen molar-refractivity contribution in [2.24, 2.45) is 11.5 Å². The number of likely N-dealkylation sites (tertiary alicyclic amines) is 1. The van der Waals surface area contributed by atoms with E-state index in [-0.39, 0.29) is 31.6 Å². The standard InChI is InChI=1S/C29H34N6O7/c30-20(13-17-15-32-21-5-2-1-4-19(17)21)26(38)33-22(12-16-7-9-18(36)10-8-16)27(39)34-23(14-25(31)37)28(40)35-11-3-6-24(35)29(41)42/h1-2,4-5,7-10,15,20,22-24,32,36H,3,6,11-14,30H2,(H2,31,37)(H,33,38)(H,34,39)(H,41,42). The predicted molar refractivity (Wildman–Crippen MR) is 152 cm³/mol. The Morgan fingerprint density at radius 1 is 0.976 bits per heavy atom. The number of nitrogens with one attached hydrogen (secondary N) is 3. The third-order valence-corrected chi connectivity index (χ3v) is 7.30. The number of primary amides is 1. The Hall–Kier alpha value is -4.91. The third-order valence-electron chi connectivity index (χ3n) is 7.30. The van der Waals surface area contributed by atoms with Crippen molar-refractivity contribution in [3.8, 4) is 5.75 Å². The summed E-state index contributed by atoms with van der Waals surface area (Å²) in [5.41, 5.74) is 13.9. The molecule has 0 radical (unpaired) electrons. The molecule has 0 spiro atoms. The van der Waals surface area contributed by atoms with E-state index in [1.165, 1.54) is 12.1 Å². The number of aliphatic carboxylic acids is 1. The molecule has 9 N–H and O–H groups in total. The number of carbonyl (C=O) groups excluding carboxylic acids is 4. The second-order valence-electron chi connectivity index (χ2n) is 10.4. The Kier molecular flexibility index (Phi) is 9.42. The van der Waals surface area contributed by atoms with Crippen LogP contribution in [0.3, 0.4) is 0 Å². The fraction of sp³-hybridized carbons (Fsp3) is 0.345. The molecule has 222 valence electrons. The van der Waals surface area contributed by atoms with E-state index in [1.807, 2.05) is 24.3 Å². The van der Waals surface area contributed by atoms with Crippen LogP contribution in [0.5, 0.6) is 5.75 Å². The van der Waals surface area contributed by atoms with E-state index in [4.69, 9.17) is 11.5 Å². The first-order valence-electron chi connectivity index (χ1n) is 13.5. The summed E-state index contributed by atoms with van der Waals surface area (Å²) in [5, 5.41) is 25.2. The van der Waals surface area contributed by atoms with Crippen LogP contribution < -0.4 is 22.1 Å². The van der Waals surface area contributed by atoms with Gasteiger partial charge in [0, 0.05) is 30.1 Å². The van der Waals surface area contributed by atoms with Gasteiger partial charge in [0.1, 0.15) is 23.9 Å². The Morgan fingerprint density at radius 2 is 1.67 bits per heavy atom. The van der Waals surface area contributed by atoms with E-state index < -0.39 is 60.2 Å². The summed E-state index contributed by atoms with van der Waals surface area (Å²) in [6, 6.07) is 8.76. The smallest absolute Gasteiger partial charge is 0.326 e. The summed E-state index contributed by atoms with van der Waals surface area (Å²) in [7, 11) is 0. The molecule has 4 rings (SSSR count). The van der Waals surface area contributed by atoms with E-state index in [1.54, 1.807) is 18.3 Å². The van der Waals surface area contributed by atoms with Crippen LogP contribution in [0.15, 0.2) is 54.7 Å². The zero-order chi connectivity index (χ0) is 30.4. The molecule has 13 nitrogen and oxygen atoms in total. The number of nitrogens with zero attached hydrogens (tertiary/aromatic N) is 1. The normalized spacial score (nSPS) is 16.9. The number of amides is 4. The first kappa shape index (κ1) is 30.1. The highest BCUT2D eigenvalue weighted by atomic mass is 16.4. The number of hydrogen-bond donors (Lipinski definition) is 7. The summed E-state index contributed by atoms with van der Waals surface area (Å²) in [6.45, 7) is 0.150. The number of aromatic hydroxyl groups is 1. The molecule has 42 heavy (non-hydrogen) atoms. The molecular formula is C29H34N6O7. The number of benzene rings is 2. The van der Waals surface area contributed by atoms with Crippen molar-refractivity contribution >= 4 is 40.5 Å². The number of phenols is 1. The molecule has 1 fully saturated rings. The van der Waals surface area contributed by atoms with Gasteiger partial charge >= 0.3 is 5.97 Å². The first-order chi connectivity index (χ1) is 20.0. The monoisotopic (exact) mass is 578 g/mol. The molecule has 4 amide bonds. The van der Waals surface area contributed by atoms with Gasteiger partial charge in [-0.05, 0) is 48.6 Å². The molecule has 0 saturated carbocycles. The molecule has 2 aromatic carbocycles. The van der Waals surface area contributed by atoms with Crippen LogP contribution in [-0.2, 0) is 36.8 Å². The third kappa shape index (κ3) is 7.23. The van der Waals surface area contributed by atoms with Gasteiger partial charge in [-0.15, -0.1) is 0 Å². The van der Waals surface area contributed by atoms with Crippen molar-refractivity contribution < 1.29 is 34.2 Å². The van der Waals surface area contributed by atoms with Gasteiger partial charge in [0.05, 0.1) is 12.5 Å². The number of para-hydroxylation sites is 1. The SMILES string of the molecule is NC(=O)CC(NC(=O)C(Cc1ccc(O)cc1)NC(=O)C(N)Cc1c[nH]c2ccccc12)C(=O)N1CCCC1C(=O)O. The molecule has 1 aliphatic heterocycles. The molecule has 1 aromatic heterocycles. The van der Waals surface area contributed by atoms with E-state index in [2.05, 4.69) is 15.6 Å². The van der Waals surface area contributed by atoms with Gasteiger partial charge in [0.25, 0.3) is 0 Å². The Bertz CT molecular complexity index is 1470. The van der Waals surface area contributed by atoms with E-state index >= 15 is 0 Å². The zero-order valence-electron chi connectivity index (χ0n) is 22.8. The van der Waals surface area contributed by atoms with Crippen molar-refractivity contribution in [2.75, 3.05) is 6.54 Å². The number of phenolic OH excluding ortho intramolecular Hbond substituents is 1. The van der Waals surface area contributed by atoms with Crippen molar-refractivity contribution in [1.29, 1.82) is 0 Å². The highest BCUT2D eigenvalue weighted by molar-refractivity contribution is 5.96. The van der Waals surface area contributed by atoms with Crippen molar-refractivity contribution in [1.82, 2.24) is 20.5 Å². The number of aromatic amines is 1. The fourth-order valence-electron chi connectivity index (χ4n) is 5.15. The largest absolute Gasteiger partial charge is 0.508 e. The number of carbonyl (C=O) groups is 5. The maximum Gasteiger partial charge on any atom is 0.326 e. The van der Waals surface area contributed by atoms with Gasteiger partial charge in [-0.2, -0.15) is 0 Å². The van der Waals surface area contributed by atoms with Gasteiger partial charge in [0.15, 0.2) is 0 Å². The van der Waals surface area contributed by atoms with Crippen LogP contribution in [0.4, 0.5) is 0 Å². The summed E-state index contributed by atoms with van der Waals surface area (Å²) in [5.74, 6) is -4.22. The molecular weight excluding hydrogens is 544 g/mol. The second kappa shape index (κ2) is 13.2. The predicted octanol–water partition coefficient (Wildman–Crippen LogP) is -0.0934. The molecule has 3 aromatic rings. The zero-order valence-corrected chi connectivity index (χ0v) is 22.8. The van der Waals surface area contributed by atoms with E-state index in [0.717, 1.165) is 21.4 Å². The summed E-state index contributed by atoms with van der Waals surface area (Å²) in [6.07, 6.45) is 2.04. The van der Waals surface area contributed by atoms with Gasteiger partial charge in [-0.3, -0.25) is 19.2 Å². The maximum atomic E-state index is 13.5. The van der Waals surface area contributed by atoms with E-state index in [0.29, 0.717) is 12.0 Å². The lowest BCUT2D eigenvalue weighted by molar-refractivity contribution is -0.149. The van der Waals surface area contributed by atoms with Gasteiger partial charge in [-0.1, -0.05) is 30.3 Å². The number of nitrogens with two attached hydrogens (primary N) is 2. The quantitative estimate of drug-likeness (QED) is 0.153. The minimum absolute atomic E-state index is 0.00950. The summed E-state index contributed by atoms with van der Waals surface area (Å²) in [4.78, 5) is 67.7. The minimum Gasteiger partial charge on any atom is -0.508 e. The highest BCUT2D eigenvalue weighted by Gasteiger charge is 2.39. The maximum absolute atomic E-state index is 13.5. The molecule has 1 saturated heterocycles. The summed E-state index contributed by atoms with van der Waals surface area (Å²) >= 11 is 0. The number of H-pyrrole nitrogens is 1. The van der Waals surface area contributed by atoms with Crippen LogP contribution in [0.25, 0.3) is 10.9 Å². The number of rotatable bonds is 12. The number of carboxylic acids is 1. The molecule has 0 aliphatic carbocycles. The van der Waals surface area contributed by atoms with E-state index in [9.17, 15) is 34.2 Å². The van der Waals surface area contributed by atoms with Gasteiger partial charge < -0.3 is 42.2 Å². The molecule has 13 heteroatoms. The molecule has 0 bridgehead atoms. The Morgan fingerprint density at radius 3 is 2.36 bits per heavy atom. The molecule has 4 unspecified atom stereocenters. The minimum atomic E-state index is -1.44. The molecule has 1 aliphatic rings. The van der Waals surface area contributed by atoms with Crippen LogP contribution in [-0.4, -0.2) is 80.4 Å². The van der Waals surface area contributed by atoms with Crippen molar-refractivity contribution in [3.05, 3.63) is 65.9 Å².